The summed E-state index contributed by atoms with van der Waals surface area (Å²) >= 11 is 0. The molecule has 1 aromatic rings. The van der Waals surface area contributed by atoms with E-state index in [-0.39, 0.29) is 0 Å². The fourth-order valence-electron chi connectivity index (χ4n) is 1.72. The monoisotopic (exact) mass is 251 g/mol. The summed E-state index contributed by atoms with van der Waals surface area (Å²) in [5.41, 5.74) is 1.04. The molecule has 4 nitrogen and oxygen atoms in total. The second kappa shape index (κ2) is 8.86. The van der Waals surface area contributed by atoms with Crippen molar-refractivity contribution in [1.82, 2.24) is 15.3 Å². The second-order valence-corrected chi connectivity index (χ2v) is 4.52. The van der Waals surface area contributed by atoms with Crippen molar-refractivity contribution in [3.63, 3.8) is 0 Å². The summed E-state index contributed by atoms with van der Waals surface area (Å²) in [7, 11) is 0. The number of hydrogen-bond acceptors (Lipinski definition) is 4. The number of aromatic nitrogens is 2. The molecule has 0 atom stereocenters. The molecule has 0 aliphatic rings. The Morgan fingerprint density at radius 3 is 2.72 bits per heavy atom. The highest BCUT2D eigenvalue weighted by Crippen LogP contribution is 2.15. The smallest absolute Gasteiger partial charge is 0.220 e. The van der Waals surface area contributed by atoms with Gasteiger partial charge < -0.3 is 10.1 Å². The average molecular weight is 251 g/mol. The fraction of sp³-hybridized carbons (Fsp3) is 0.714. The molecular formula is C14H25N3O. The minimum Gasteiger partial charge on any atom is -0.477 e. The van der Waals surface area contributed by atoms with Gasteiger partial charge in [-0.25, -0.2) is 9.97 Å². The van der Waals surface area contributed by atoms with Gasteiger partial charge in [-0.15, -0.1) is 0 Å². The van der Waals surface area contributed by atoms with E-state index in [1.54, 1.807) is 6.33 Å². The van der Waals surface area contributed by atoms with Crippen molar-refractivity contribution in [1.29, 1.82) is 0 Å². The van der Waals surface area contributed by atoms with E-state index in [4.69, 9.17) is 4.74 Å². The summed E-state index contributed by atoms with van der Waals surface area (Å²) < 4.78 is 5.82. The molecule has 0 aliphatic heterocycles. The van der Waals surface area contributed by atoms with Gasteiger partial charge >= 0.3 is 0 Å². The van der Waals surface area contributed by atoms with Crippen molar-refractivity contribution >= 4 is 0 Å². The molecule has 102 valence electrons. The van der Waals surface area contributed by atoms with Crippen LogP contribution >= 0.6 is 0 Å². The Morgan fingerprint density at radius 1 is 1.28 bits per heavy atom. The lowest BCUT2D eigenvalue weighted by atomic mass is 10.1. The van der Waals surface area contributed by atoms with Gasteiger partial charge in [0.1, 0.15) is 6.33 Å². The van der Waals surface area contributed by atoms with Crippen molar-refractivity contribution in [2.45, 2.75) is 46.6 Å². The van der Waals surface area contributed by atoms with Gasteiger partial charge in [0.2, 0.25) is 5.88 Å². The van der Waals surface area contributed by atoms with Crippen LogP contribution in [0.2, 0.25) is 0 Å². The summed E-state index contributed by atoms with van der Waals surface area (Å²) in [6.45, 7) is 9.06. The zero-order valence-corrected chi connectivity index (χ0v) is 11.8. The first-order valence-corrected chi connectivity index (χ1v) is 6.94. The van der Waals surface area contributed by atoms with Crippen molar-refractivity contribution in [2.24, 2.45) is 5.92 Å². The predicted octanol–water partition coefficient (Wildman–Crippen LogP) is 2.79. The highest BCUT2D eigenvalue weighted by molar-refractivity contribution is 5.21. The third-order valence-corrected chi connectivity index (χ3v) is 3.10. The van der Waals surface area contributed by atoms with Crippen LogP contribution in [0, 0.1) is 5.92 Å². The third-order valence-electron chi connectivity index (χ3n) is 3.10. The highest BCUT2D eigenvalue weighted by Gasteiger charge is 2.08. The molecule has 0 aliphatic carbocycles. The molecule has 0 bridgehead atoms. The molecule has 0 saturated heterocycles. The zero-order valence-electron chi connectivity index (χ0n) is 11.8. The molecule has 0 amide bonds. The minimum absolute atomic E-state index is 0.608. The maximum absolute atomic E-state index is 5.82. The molecule has 1 heterocycles. The molecule has 1 rings (SSSR count). The maximum atomic E-state index is 5.82. The van der Waals surface area contributed by atoms with Gasteiger partial charge in [-0.2, -0.15) is 0 Å². The Hall–Kier alpha value is -1.16. The number of hydrogen-bond donors (Lipinski definition) is 1. The lowest BCUT2D eigenvalue weighted by Gasteiger charge is -2.15. The third kappa shape index (κ3) is 5.00. The van der Waals surface area contributed by atoms with Gasteiger partial charge in [0.25, 0.3) is 0 Å². The summed E-state index contributed by atoms with van der Waals surface area (Å²) in [5.74, 6) is 1.33. The van der Waals surface area contributed by atoms with Crippen LogP contribution in [0.3, 0.4) is 0 Å². The molecule has 0 unspecified atom stereocenters. The quantitative estimate of drug-likeness (QED) is 0.686. The topological polar surface area (TPSA) is 47.0 Å². The first kappa shape index (κ1) is 14.9. The summed E-state index contributed by atoms with van der Waals surface area (Å²) in [5, 5.41) is 3.35. The first-order chi connectivity index (χ1) is 8.81. The molecule has 0 aromatic carbocycles. The Balaban J connectivity index is 2.52. The van der Waals surface area contributed by atoms with Crippen LogP contribution in [0.4, 0.5) is 0 Å². The lowest BCUT2D eigenvalue weighted by Crippen LogP contribution is -2.17. The van der Waals surface area contributed by atoms with Gasteiger partial charge in [0, 0.05) is 18.3 Å². The fourth-order valence-corrected chi connectivity index (χ4v) is 1.72. The number of ether oxygens (including phenoxy) is 1. The van der Waals surface area contributed by atoms with Gasteiger partial charge in [0.05, 0.1) is 6.61 Å². The van der Waals surface area contributed by atoms with E-state index in [0.29, 0.717) is 5.92 Å². The number of rotatable bonds is 9. The molecule has 0 radical (unpaired) electrons. The van der Waals surface area contributed by atoms with E-state index in [1.165, 1.54) is 0 Å². The van der Waals surface area contributed by atoms with E-state index < -0.39 is 0 Å². The van der Waals surface area contributed by atoms with Crippen molar-refractivity contribution < 1.29 is 4.74 Å². The molecule has 1 aromatic heterocycles. The van der Waals surface area contributed by atoms with Crippen LogP contribution in [0.25, 0.3) is 0 Å². The summed E-state index contributed by atoms with van der Waals surface area (Å²) in [6, 6.07) is 0. The standard InChI is InChI=1S/C14H25N3O/c1-4-7-15-8-13-9-16-11-17-14(13)18-10-12(5-2)6-3/h9,11-12,15H,4-8,10H2,1-3H3. The van der Waals surface area contributed by atoms with Gasteiger partial charge in [-0.05, 0) is 18.9 Å². The van der Waals surface area contributed by atoms with Crippen LogP contribution in [0.1, 0.15) is 45.6 Å². The summed E-state index contributed by atoms with van der Waals surface area (Å²) in [4.78, 5) is 8.29. The normalized spacial score (nSPS) is 10.9. The van der Waals surface area contributed by atoms with Gasteiger partial charge in [-0.3, -0.25) is 0 Å². The number of nitrogens with one attached hydrogen (secondary N) is 1. The average Bonchev–Trinajstić information content (AvgIpc) is 2.41. The van der Waals surface area contributed by atoms with E-state index in [9.17, 15) is 0 Å². The molecule has 0 fully saturated rings. The summed E-state index contributed by atoms with van der Waals surface area (Å²) in [6.07, 6.45) is 6.79. The van der Waals surface area contributed by atoms with E-state index >= 15 is 0 Å². The van der Waals surface area contributed by atoms with Crippen molar-refractivity contribution in [3.8, 4) is 5.88 Å². The van der Waals surface area contributed by atoms with Crippen LogP contribution in [-0.2, 0) is 6.54 Å². The molecule has 18 heavy (non-hydrogen) atoms. The Bertz CT molecular complexity index is 327. The molecular weight excluding hydrogens is 226 g/mol. The van der Waals surface area contributed by atoms with Crippen LogP contribution in [0.15, 0.2) is 12.5 Å². The van der Waals surface area contributed by atoms with Crippen LogP contribution in [0.5, 0.6) is 5.88 Å². The van der Waals surface area contributed by atoms with Crippen LogP contribution in [-0.4, -0.2) is 23.1 Å². The Labute approximate surface area is 110 Å². The Kier molecular flexibility index (Phi) is 7.34. The lowest BCUT2D eigenvalue weighted by molar-refractivity contribution is 0.229. The maximum Gasteiger partial charge on any atom is 0.220 e. The number of nitrogens with zero attached hydrogens (tertiary/aromatic N) is 2. The molecule has 0 saturated carbocycles. The largest absolute Gasteiger partial charge is 0.477 e. The highest BCUT2D eigenvalue weighted by atomic mass is 16.5. The SMILES string of the molecule is CCCNCc1cncnc1OCC(CC)CC. The van der Waals surface area contributed by atoms with E-state index in [0.717, 1.165) is 50.4 Å². The van der Waals surface area contributed by atoms with Crippen molar-refractivity contribution in [3.05, 3.63) is 18.1 Å². The zero-order chi connectivity index (χ0) is 13.2. The van der Waals surface area contributed by atoms with Gasteiger partial charge in [-0.1, -0.05) is 33.6 Å². The van der Waals surface area contributed by atoms with Gasteiger partial charge in [0.15, 0.2) is 0 Å². The molecule has 1 N–H and O–H groups in total. The Morgan fingerprint density at radius 2 is 2.06 bits per heavy atom. The second-order valence-electron chi connectivity index (χ2n) is 4.52. The molecule has 4 heteroatoms. The van der Waals surface area contributed by atoms with Crippen molar-refractivity contribution in [2.75, 3.05) is 13.2 Å². The van der Waals surface area contributed by atoms with E-state index in [2.05, 4.69) is 36.1 Å². The van der Waals surface area contributed by atoms with E-state index in [1.807, 2.05) is 6.20 Å². The molecule has 0 spiro atoms. The van der Waals surface area contributed by atoms with Crippen LogP contribution < -0.4 is 10.1 Å². The predicted molar refractivity (Wildman–Crippen MR) is 73.6 cm³/mol. The first-order valence-electron chi connectivity index (χ1n) is 6.94. The minimum atomic E-state index is 0.608.